The molecule has 0 saturated carbocycles. The van der Waals surface area contributed by atoms with Crippen LogP contribution < -0.4 is 10.6 Å². The molecule has 1 aromatic heterocycles. The van der Waals surface area contributed by atoms with Crippen LogP contribution in [0, 0.1) is 0 Å². The van der Waals surface area contributed by atoms with Gasteiger partial charge in [-0.05, 0) is 42.5 Å². The number of hydrogen-bond donors (Lipinski definition) is 2. The van der Waals surface area contributed by atoms with Crippen molar-refractivity contribution < 1.29 is 19.2 Å². The number of aromatic nitrogens is 2. The highest BCUT2D eigenvalue weighted by atomic mass is 35.5. The van der Waals surface area contributed by atoms with Gasteiger partial charge in [-0.1, -0.05) is 65.7 Å². The molecule has 1 aliphatic rings. The largest absolute Gasteiger partial charge is 0.321 e. The van der Waals surface area contributed by atoms with Gasteiger partial charge in [0.05, 0.1) is 33.5 Å². The molecule has 1 heterocycles. The summed E-state index contributed by atoms with van der Waals surface area (Å²) in [6.07, 6.45) is 0. The zero-order valence-corrected chi connectivity index (χ0v) is 21.9. The van der Waals surface area contributed by atoms with E-state index in [1.165, 1.54) is 24.3 Å². The molecule has 0 unspecified atom stereocenters. The van der Waals surface area contributed by atoms with Gasteiger partial charge in [-0.2, -0.15) is 0 Å². The Bertz CT molecular complexity index is 1910. The molecule has 6 rings (SSSR count). The number of hydrogen-bond acceptors (Lipinski definition) is 6. The van der Waals surface area contributed by atoms with Crippen molar-refractivity contribution in [1.82, 2.24) is 9.97 Å². The highest BCUT2D eigenvalue weighted by molar-refractivity contribution is 6.40. The Morgan fingerprint density at radius 1 is 0.575 bits per heavy atom. The number of carbonyl (C=O) groups excluding carboxylic acids is 4. The fourth-order valence-electron chi connectivity index (χ4n) is 4.56. The predicted octanol–water partition coefficient (Wildman–Crippen LogP) is 6.22. The third kappa shape index (κ3) is 4.39. The lowest BCUT2D eigenvalue weighted by Crippen LogP contribution is -2.26. The van der Waals surface area contributed by atoms with Gasteiger partial charge in [-0.3, -0.25) is 19.2 Å². The summed E-state index contributed by atoms with van der Waals surface area (Å²) < 4.78 is 0. The minimum atomic E-state index is -0.558. The quantitative estimate of drug-likeness (QED) is 0.261. The summed E-state index contributed by atoms with van der Waals surface area (Å²) in [4.78, 5) is 61.8. The second-order valence-corrected chi connectivity index (χ2v) is 9.61. The first kappa shape index (κ1) is 25.4. The van der Waals surface area contributed by atoms with Gasteiger partial charge in [0.2, 0.25) is 0 Å². The number of anilines is 2. The van der Waals surface area contributed by atoms with E-state index in [1.807, 2.05) is 0 Å². The van der Waals surface area contributed by atoms with E-state index < -0.39 is 23.4 Å². The number of rotatable bonds is 4. The number of fused-ring (bicyclic) bond motifs is 3. The molecule has 4 aromatic carbocycles. The molecular formula is C30H16Cl2N4O4. The van der Waals surface area contributed by atoms with E-state index >= 15 is 0 Å². The second-order valence-electron chi connectivity index (χ2n) is 8.90. The number of nitrogens with zero attached hydrogens (tertiary/aromatic N) is 2. The van der Waals surface area contributed by atoms with Crippen LogP contribution in [0.4, 0.5) is 11.4 Å². The van der Waals surface area contributed by atoms with E-state index in [-0.39, 0.29) is 49.5 Å². The van der Waals surface area contributed by atoms with Crippen LogP contribution in [0.3, 0.4) is 0 Å². The fourth-order valence-corrected chi connectivity index (χ4v) is 4.83. The van der Waals surface area contributed by atoms with Gasteiger partial charge in [-0.25, -0.2) is 9.97 Å². The first-order valence-electron chi connectivity index (χ1n) is 12.0. The molecule has 0 bridgehead atoms. The summed E-state index contributed by atoms with van der Waals surface area (Å²) in [5.74, 6) is -1.91. The Hall–Kier alpha value is -4.92. The summed E-state index contributed by atoms with van der Waals surface area (Å²) >= 11 is 11.9. The van der Waals surface area contributed by atoms with Crippen molar-refractivity contribution in [3.05, 3.63) is 129 Å². The molecule has 0 fully saturated rings. The maximum atomic E-state index is 13.7. The lowest BCUT2D eigenvalue weighted by atomic mass is 9.82. The number of ketones is 2. The number of amides is 2. The highest BCUT2D eigenvalue weighted by Crippen LogP contribution is 2.37. The van der Waals surface area contributed by atoms with Gasteiger partial charge >= 0.3 is 0 Å². The van der Waals surface area contributed by atoms with Crippen molar-refractivity contribution in [2.24, 2.45) is 0 Å². The maximum Gasteiger partial charge on any atom is 0.255 e. The minimum Gasteiger partial charge on any atom is -0.321 e. The molecule has 10 heteroatoms. The van der Waals surface area contributed by atoms with Crippen LogP contribution in [0.25, 0.3) is 11.0 Å². The number of carbonyl (C=O) groups is 4. The molecule has 0 spiro atoms. The molecule has 2 amide bonds. The van der Waals surface area contributed by atoms with Crippen molar-refractivity contribution in [3.8, 4) is 0 Å². The van der Waals surface area contributed by atoms with E-state index in [1.54, 1.807) is 60.7 Å². The molecule has 0 saturated heterocycles. The van der Waals surface area contributed by atoms with Gasteiger partial charge in [0.15, 0.2) is 21.9 Å². The summed E-state index contributed by atoms with van der Waals surface area (Å²) in [7, 11) is 0. The summed E-state index contributed by atoms with van der Waals surface area (Å²) in [6, 6.07) is 22.5. The first-order valence-corrected chi connectivity index (χ1v) is 12.7. The lowest BCUT2D eigenvalue weighted by molar-refractivity contribution is 0.0977. The summed E-state index contributed by atoms with van der Waals surface area (Å²) in [5.41, 5.74) is 2.05. The van der Waals surface area contributed by atoms with Gasteiger partial charge < -0.3 is 10.6 Å². The molecule has 1 aliphatic carbocycles. The van der Waals surface area contributed by atoms with Crippen LogP contribution >= 0.6 is 23.2 Å². The average Bonchev–Trinajstić information content (AvgIpc) is 2.97. The van der Waals surface area contributed by atoms with Crippen LogP contribution in [-0.2, 0) is 0 Å². The molecule has 5 aromatic rings. The zero-order valence-electron chi connectivity index (χ0n) is 20.4. The van der Waals surface area contributed by atoms with Crippen molar-refractivity contribution >= 4 is 69.0 Å². The van der Waals surface area contributed by atoms with Crippen LogP contribution in [0.2, 0.25) is 10.3 Å². The molecule has 40 heavy (non-hydrogen) atoms. The van der Waals surface area contributed by atoms with E-state index in [0.717, 1.165) is 0 Å². The first-order chi connectivity index (χ1) is 19.3. The Kier molecular flexibility index (Phi) is 6.34. The third-order valence-electron chi connectivity index (χ3n) is 6.45. The summed E-state index contributed by atoms with van der Waals surface area (Å²) in [5, 5.41) is 5.53. The predicted molar refractivity (Wildman–Crippen MR) is 152 cm³/mol. The molecular weight excluding hydrogens is 551 g/mol. The monoisotopic (exact) mass is 566 g/mol. The SMILES string of the molecule is O=C(Nc1ccc(NC(=O)c2ccc3nc(Cl)c(Cl)nc3c2)c2c1C(=O)c1ccccc1C2=O)c1ccccc1. The maximum absolute atomic E-state index is 13.7. The standard InChI is InChI=1S/C30H16Cl2N4O4/c31-27-28(32)34-22-14-16(10-11-19(22)33-27)30(40)36-21-13-12-20(35-29(39)15-6-2-1-3-7-15)23-24(21)26(38)18-9-5-4-8-17(18)25(23)37/h1-14H,(H,35,39)(H,36,40). The topological polar surface area (TPSA) is 118 Å². The Labute approximate surface area is 237 Å². The smallest absolute Gasteiger partial charge is 0.255 e. The zero-order chi connectivity index (χ0) is 28.0. The number of halogens is 2. The Morgan fingerprint density at radius 3 is 1.65 bits per heavy atom. The van der Waals surface area contributed by atoms with Crippen molar-refractivity contribution in [1.29, 1.82) is 0 Å². The Balaban J connectivity index is 1.42. The van der Waals surface area contributed by atoms with Crippen LogP contribution in [0.1, 0.15) is 52.6 Å². The average molecular weight is 567 g/mol. The summed E-state index contributed by atoms with van der Waals surface area (Å²) in [6.45, 7) is 0. The normalized spacial score (nSPS) is 12.1. The second kappa shape index (κ2) is 10.00. The molecule has 194 valence electrons. The van der Waals surface area contributed by atoms with Crippen molar-refractivity contribution in [3.63, 3.8) is 0 Å². The van der Waals surface area contributed by atoms with E-state index in [4.69, 9.17) is 23.2 Å². The van der Waals surface area contributed by atoms with E-state index in [2.05, 4.69) is 20.6 Å². The van der Waals surface area contributed by atoms with Crippen LogP contribution in [0.15, 0.2) is 84.9 Å². The van der Waals surface area contributed by atoms with Gasteiger partial charge in [-0.15, -0.1) is 0 Å². The van der Waals surface area contributed by atoms with Gasteiger partial charge in [0.25, 0.3) is 11.8 Å². The molecule has 0 radical (unpaired) electrons. The van der Waals surface area contributed by atoms with Gasteiger partial charge in [0, 0.05) is 22.3 Å². The fraction of sp³-hybridized carbons (Fsp3) is 0. The lowest BCUT2D eigenvalue weighted by Gasteiger charge is -2.23. The van der Waals surface area contributed by atoms with Gasteiger partial charge in [0.1, 0.15) is 0 Å². The molecule has 2 N–H and O–H groups in total. The number of benzene rings is 4. The molecule has 8 nitrogen and oxygen atoms in total. The minimum absolute atomic E-state index is 0.00305. The van der Waals surface area contributed by atoms with Crippen LogP contribution in [-0.4, -0.2) is 33.3 Å². The van der Waals surface area contributed by atoms with E-state index in [9.17, 15) is 19.2 Å². The highest BCUT2D eigenvalue weighted by Gasteiger charge is 2.34. The Morgan fingerprint density at radius 2 is 1.07 bits per heavy atom. The van der Waals surface area contributed by atoms with Crippen molar-refractivity contribution in [2.45, 2.75) is 0 Å². The number of nitrogens with one attached hydrogen (secondary N) is 2. The molecule has 0 atom stereocenters. The van der Waals surface area contributed by atoms with E-state index in [0.29, 0.717) is 16.6 Å². The molecule has 0 aliphatic heterocycles. The van der Waals surface area contributed by atoms with Crippen molar-refractivity contribution in [2.75, 3.05) is 10.6 Å². The third-order valence-corrected chi connectivity index (χ3v) is 7.08. The van der Waals surface area contributed by atoms with Crippen LogP contribution in [0.5, 0.6) is 0 Å².